The molecule has 0 radical (unpaired) electrons. The van der Waals surface area contributed by atoms with Crippen LogP contribution in [0.2, 0.25) is 5.02 Å². The molecule has 0 spiro atoms. The van der Waals surface area contributed by atoms with Crippen LogP contribution in [-0.2, 0) is 16.1 Å². The zero-order valence-electron chi connectivity index (χ0n) is 15.3. The van der Waals surface area contributed by atoms with Crippen molar-refractivity contribution in [1.29, 1.82) is 0 Å². The Morgan fingerprint density at radius 3 is 2.23 bits per heavy atom. The number of aryl methyl sites for hydroxylation is 1. The zero-order chi connectivity index (χ0) is 19.1. The molecule has 1 N–H and O–H groups in total. The maximum absolute atomic E-state index is 12.5. The molecule has 1 amide bonds. The normalized spacial score (nSPS) is 11.9. The summed E-state index contributed by atoms with van der Waals surface area (Å²) in [5, 5.41) is 3.33. The van der Waals surface area contributed by atoms with Crippen LogP contribution in [0.15, 0.2) is 48.5 Å². The highest BCUT2D eigenvalue weighted by atomic mass is 35.5. The van der Waals surface area contributed by atoms with Gasteiger partial charge in [0.2, 0.25) is 0 Å². The summed E-state index contributed by atoms with van der Waals surface area (Å²) in [7, 11) is 0. The van der Waals surface area contributed by atoms with E-state index in [2.05, 4.69) is 5.32 Å². The van der Waals surface area contributed by atoms with E-state index in [1.165, 1.54) is 0 Å². The summed E-state index contributed by atoms with van der Waals surface area (Å²) in [5.74, 6) is -0.515. The Labute approximate surface area is 159 Å². The Morgan fingerprint density at radius 1 is 1.04 bits per heavy atom. The maximum atomic E-state index is 12.5. The second-order valence-corrected chi connectivity index (χ2v) is 7.19. The van der Waals surface area contributed by atoms with Crippen LogP contribution >= 0.6 is 11.6 Å². The van der Waals surface area contributed by atoms with Crippen LogP contribution in [0.1, 0.15) is 41.8 Å². The van der Waals surface area contributed by atoms with E-state index in [0.29, 0.717) is 17.0 Å². The zero-order valence-corrected chi connectivity index (χ0v) is 16.0. The fourth-order valence-corrected chi connectivity index (χ4v) is 2.59. The van der Waals surface area contributed by atoms with Crippen LogP contribution in [0, 0.1) is 12.8 Å². The number of hydrogen-bond acceptors (Lipinski definition) is 3. The van der Waals surface area contributed by atoms with Crippen LogP contribution in [0.25, 0.3) is 0 Å². The monoisotopic (exact) mass is 373 g/mol. The van der Waals surface area contributed by atoms with Gasteiger partial charge < -0.3 is 10.1 Å². The minimum absolute atomic E-state index is 0.185. The van der Waals surface area contributed by atoms with Crippen molar-refractivity contribution >= 4 is 23.5 Å². The third-order valence-corrected chi connectivity index (χ3v) is 4.16. The van der Waals surface area contributed by atoms with Gasteiger partial charge in [0.1, 0.15) is 12.6 Å². The summed E-state index contributed by atoms with van der Waals surface area (Å²) in [5.41, 5.74) is 2.51. The minimum Gasteiger partial charge on any atom is -0.459 e. The third-order valence-electron chi connectivity index (χ3n) is 3.91. The molecular weight excluding hydrogens is 350 g/mol. The molecule has 0 aromatic heterocycles. The third kappa shape index (κ3) is 6.19. The molecule has 1 atom stereocenters. The van der Waals surface area contributed by atoms with Gasteiger partial charge in [-0.15, -0.1) is 0 Å². The van der Waals surface area contributed by atoms with Gasteiger partial charge in [0.15, 0.2) is 0 Å². The number of halogens is 1. The van der Waals surface area contributed by atoms with E-state index in [-0.39, 0.29) is 18.4 Å². The van der Waals surface area contributed by atoms with Crippen LogP contribution in [-0.4, -0.2) is 17.9 Å². The van der Waals surface area contributed by atoms with Gasteiger partial charge in [-0.3, -0.25) is 4.79 Å². The van der Waals surface area contributed by atoms with Crippen molar-refractivity contribution in [1.82, 2.24) is 5.32 Å². The Hall–Kier alpha value is -2.33. The van der Waals surface area contributed by atoms with Crippen molar-refractivity contribution < 1.29 is 14.3 Å². The summed E-state index contributed by atoms with van der Waals surface area (Å²) in [4.78, 5) is 24.9. The van der Waals surface area contributed by atoms with Gasteiger partial charge in [-0.05, 0) is 49.1 Å². The molecule has 2 aromatic rings. The van der Waals surface area contributed by atoms with Crippen molar-refractivity contribution in [2.45, 2.75) is 39.8 Å². The van der Waals surface area contributed by atoms with Crippen LogP contribution < -0.4 is 5.32 Å². The summed E-state index contributed by atoms with van der Waals surface area (Å²) in [6.07, 6.45) is 0.506. The molecule has 0 heterocycles. The van der Waals surface area contributed by atoms with Crippen LogP contribution in [0.5, 0.6) is 0 Å². The number of benzene rings is 2. The molecule has 5 heteroatoms. The predicted molar refractivity (Wildman–Crippen MR) is 103 cm³/mol. The highest BCUT2D eigenvalue weighted by molar-refractivity contribution is 6.30. The number of amides is 1. The summed E-state index contributed by atoms with van der Waals surface area (Å²) in [6, 6.07) is 13.6. The highest BCUT2D eigenvalue weighted by Crippen LogP contribution is 2.12. The SMILES string of the molecule is Cc1ccc(COC(=O)[C@H](CC(C)C)NC(=O)c2ccc(Cl)cc2)cc1. The lowest BCUT2D eigenvalue weighted by Gasteiger charge is -2.19. The Kier molecular flexibility index (Phi) is 7.22. The molecule has 0 saturated carbocycles. The molecule has 2 aromatic carbocycles. The number of ether oxygens (including phenoxy) is 1. The number of hydrogen-bond donors (Lipinski definition) is 1. The van der Waals surface area contributed by atoms with E-state index in [4.69, 9.17) is 16.3 Å². The van der Waals surface area contributed by atoms with E-state index < -0.39 is 12.0 Å². The van der Waals surface area contributed by atoms with E-state index in [1.807, 2.05) is 45.0 Å². The van der Waals surface area contributed by atoms with Gasteiger partial charge in [0, 0.05) is 10.6 Å². The largest absolute Gasteiger partial charge is 0.459 e. The topological polar surface area (TPSA) is 55.4 Å². The van der Waals surface area contributed by atoms with Crippen molar-refractivity contribution in [2.24, 2.45) is 5.92 Å². The molecule has 0 fully saturated rings. The summed E-state index contributed by atoms with van der Waals surface area (Å²) >= 11 is 5.84. The van der Waals surface area contributed by atoms with E-state index in [1.54, 1.807) is 24.3 Å². The van der Waals surface area contributed by atoms with Gasteiger partial charge in [0.05, 0.1) is 0 Å². The molecule has 0 unspecified atom stereocenters. The maximum Gasteiger partial charge on any atom is 0.328 e. The lowest BCUT2D eigenvalue weighted by molar-refractivity contribution is -0.147. The molecule has 138 valence electrons. The molecule has 0 aliphatic carbocycles. The van der Waals surface area contributed by atoms with Crippen molar-refractivity contribution in [3.05, 3.63) is 70.2 Å². The fraction of sp³-hybridized carbons (Fsp3) is 0.333. The van der Waals surface area contributed by atoms with E-state index >= 15 is 0 Å². The first-order valence-corrected chi connectivity index (χ1v) is 9.01. The number of esters is 1. The van der Waals surface area contributed by atoms with Crippen molar-refractivity contribution in [3.8, 4) is 0 Å². The Morgan fingerprint density at radius 2 is 1.65 bits per heavy atom. The van der Waals surface area contributed by atoms with E-state index in [0.717, 1.165) is 11.1 Å². The lowest BCUT2D eigenvalue weighted by Crippen LogP contribution is -2.42. The molecule has 0 aliphatic rings. The average Bonchev–Trinajstić information content (AvgIpc) is 2.60. The second-order valence-electron chi connectivity index (χ2n) is 6.76. The van der Waals surface area contributed by atoms with Gasteiger partial charge in [0.25, 0.3) is 5.91 Å². The first-order valence-electron chi connectivity index (χ1n) is 8.63. The van der Waals surface area contributed by atoms with Gasteiger partial charge in [-0.25, -0.2) is 4.79 Å². The quantitative estimate of drug-likeness (QED) is 0.725. The highest BCUT2D eigenvalue weighted by Gasteiger charge is 2.24. The molecular formula is C21H24ClNO3. The number of nitrogens with one attached hydrogen (secondary N) is 1. The van der Waals surface area contributed by atoms with Crippen molar-refractivity contribution in [2.75, 3.05) is 0 Å². The molecule has 0 bridgehead atoms. The van der Waals surface area contributed by atoms with Crippen molar-refractivity contribution in [3.63, 3.8) is 0 Å². The lowest BCUT2D eigenvalue weighted by atomic mass is 10.0. The first kappa shape index (κ1) is 20.0. The van der Waals surface area contributed by atoms with Gasteiger partial charge in [-0.2, -0.15) is 0 Å². The minimum atomic E-state index is -0.691. The fourth-order valence-electron chi connectivity index (χ4n) is 2.47. The van der Waals surface area contributed by atoms with Gasteiger partial charge in [-0.1, -0.05) is 55.3 Å². The second kappa shape index (κ2) is 9.39. The van der Waals surface area contributed by atoms with Crippen LogP contribution in [0.4, 0.5) is 0 Å². The summed E-state index contributed by atoms with van der Waals surface area (Å²) < 4.78 is 5.41. The predicted octanol–water partition coefficient (Wildman–Crippen LogP) is 4.54. The first-order chi connectivity index (χ1) is 12.3. The summed E-state index contributed by atoms with van der Waals surface area (Å²) in [6.45, 7) is 6.18. The number of carbonyl (C=O) groups excluding carboxylic acids is 2. The molecule has 2 rings (SSSR count). The smallest absolute Gasteiger partial charge is 0.328 e. The van der Waals surface area contributed by atoms with Gasteiger partial charge >= 0.3 is 5.97 Å². The standard InChI is InChI=1S/C21H24ClNO3/c1-14(2)12-19(23-20(24)17-8-10-18(22)11-9-17)21(25)26-13-16-6-4-15(3)5-7-16/h4-11,14,19H,12-13H2,1-3H3,(H,23,24)/t19-/m0/s1. The van der Waals surface area contributed by atoms with E-state index in [9.17, 15) is 9.59 Å². The Balaban J connectivity index is 2.00. The molecule has 26 heavy (non-hydrogen) atoms. The number of carbonyl (C=O) groups is 2. The van der Waals surface area contributed by atoms with Crippen LogP contribution in [0.3, 0.4) is 0 Å². The molecule has 0 aliphatic heterocycles. The average molecular weight is 374 g/mol. The molecule has 0 saturated heterocycles. The number of rotatable bonds is 7. The molecule has 4 nitrogen and oxygen atoms in total. The Bertz CT molecular complexity index is 739.